The van der Waals surface area contributed by atoms with Gasteiger partial charge in [-0.1, -0.05) is 32.0 Å². The summed E-state index contributed by atoms with van der Waals surface area (Å²) in [6.07, 6.45) is -0.762. The molecule has 0 aromatic heterocycles. The molecule has 9 nitrogen and oxygen atoms in total. The Kier molecular flexibility index (Phi) is 10.6. The van der Waals surface area contributed by atoms with Gasteiger partial charge in [0.25, 0.3) is 0 Å². The molecule has 0 heterocycles. The summed E-state index contributed by atoms with van der Waals surface area (Å²) in [4.78, 5) is 29.5. The van der Waals surface area contributed by atoms with Crippen LogP contribution in [-0.2, 0) is 14.4 Å². The molecule has 0 saturated carbocycles. The van der Waals surface area contributed by atoms with Crippen molar-refractivity contribution < 1.29 is 34.8 Å². The summed E-state index contributed by atoms with van der Waals surface area (Å²) in [5.74, 6) is -3.56. The van der Waals surface area contributed by atoms with Gasteiger partial charge < -0.3 is 31.1 Å². The smallest absolute Gasteiger partial charge is 0.414 e. The highest BCUT2D eigenvalue weighted by atomic mass is 16.4. The number of para-hydroxylation sites is 1. The minimum atomic E-state index is -1.82. The summed E-state index contributed by atoms with van der Waals surface area (Å²) in [5, 5.41) is 40.0. The van der Waals surface area contributed by atoms with E-state index in [1.807, 2.05) is 13.8 Å². The zero-order valence-corrected chi connectivity index (χ0v) is 14.1. The Hall–Kier alpha value is -2.65. The minimum Gasteiger partial charge on any atom is -0.508 e. The molecule has 0 radical (unpaired) electrons. The van der Waals surface area contributed by atoms with E-state index >= 15 is 0 Å². The van der Waals surface area contributed by atoms with Crippen molar-refractivity contribution in [2.24, 2.45) is 5.92 Å². The van der Waals surface area contributed by atoms with Crippen LogP contribution < -0.4 is 10.6 Å². The zero-order chi connectivity index (χ0) is 19.4. The number of aliphatic hydroxyl groups is 1. The number of aromatic hydroxyl groups is 1. The van der Waals surface area contributed by atoms with Crippen molar-refractivity contribution in [2.75, 3.05) is 19.6 Å². The number of carbonyl (C=O) groups excluding carboxylic acids is 1. The fourth-order valence-corrected chi connectivity index (χ4v) is 1.60. The first kappa shape index (κ1) is 22.4. The lowest BCUT2D eigenvalue weighted by atomic mass is 10.1. The van der Waals surface area contributed by atoms with E-state index in [2.05, 4.69) is 10.6 Å². The third kappa shape index (κ3) is 9.95. The van der Waals surface area contributed by atoms with Gasteiger partial charge in [-0.25, -0.2) is 9.59 Å². The number of carbonyl (C=O) groups is 3. The fraction of sp³-hybridized carbons (Fsp3) is 0.438. The second-order valence-corrected chi connectivity index (χ2v) is 5.33. The molecule has 0 aliphatic rings. The number of nitrogens with one attached hydrogen (secondary N) is 2. The highest BCUT2D eigenvalue weighted by Gasteiger charge is 2.11. The number of carboxylic acids is 2. The van der Waals surface area contributed by atoms with Crippen molar-refractivity contribution in [3.8, 4) is 5.75 Å². The first-order valence-electron chi connectivity index (χ1n) is 7.57. The molecule has 0 spiro atoms. The molecule has 0 fully saturated rings. The van der Waals surface area contributed by atoms with Gasteiger partial charge in [0.05, 0.1) is 6.10 Å². The topological polar surface area (TPSA) is 156 Å². The summed E-state index contributed by atoms with van der Waals surface area (Å²) in [5.41, 5.74) is 0.501. The van der Waals surface area contributed by atoms with E-state index in [1.165, 1.54) is 0 Å². The number of phenols is 1. The normalized spacial score (nSPS) is 11.2. The van der Waals surface area contributed by atoms with Crippen molar-refractivity contribution in [3.05, 3.63) is 29.8 Å². The standard InChI is InChI=1S/C14H22N2O3.C2H2O4/c1-10(2)14(19)16-8-7-15-9-13(18)11-5-3-4-6-12(11)17;3-1(4)2(5)6/h3-6,10,13,15,17-18H,7-9H2,1-2H3,(H,16,19);(H,3,4)(H,5,6). The molecular formula is C16H24N2O7. The predicted octanol–water partition coefficient (Wildman–Crippen LogP) is -0.0570. The Morgan fingerprint density at radius 2 is 1.60 bits per heavy atom. The van der Waals surface area contributed by atoms with Crippen molar-refractivity contribution in [2.45, 2.75) is 20.0 Å². The van der Waals surface area contributed by atoms with Crippen LogP contribution in [0.3, 0.4) is 0 Å². The Morgan fingerprint density at radius 1 is 1.04 bits per heavy atom. The van der Waals surface area contributed by atoms with E-state index in [0.717, 1.165) is 0 Å². The van der Waals surface area contributed by atoms with Gasteiger partial charge in [0, 0.05) is 31.1 Å². The van der Waals surface area contributed by atoms with Crippen molar-refractivity contribution in [1.82, 2.24) is 10.6 Å². The minimum absolute atomic E-state index is 0.0167. The molecule has 1 aromatic carbocycles. The molecule has 9 heteroatoms. The van der Waals surface area contributed by atoms with Gasteiger partial charge >= 0.3 is 11.9 Å². The highest BCUT2D eigenvalue weighted by Crippen LogP contribution is 2.22. The Labute approximate surface area is 145 Å². The number of aliphatic carboxylic acids is 2. The number of hydrogen-bond donors (Lipinski definition) is 6. The monoisotopic (exact) mass is 356 g/mol. The predicted molar refractivity (Wildman–Crippen MR) is 89.1 cm³/mol. The second-order valence-electron chi connectivity index (χ2n) is 5.33. The summed E-state index contributed by atoms with van der Waals surface area (Å²) in [7, 11) is 0. The van der Waals surface area contributed by atoms with Crippen LogP contribution in [0.5, 0.6) is 5.75 Å². The average molecular weight is 356 g/mol. The van der Waals surface area contributed by atoms with Crippen molar-refractivity contribution >= 4 is 17.8 Å². The quantitative estimate of drug-likeness (QED) is 0.293. The molecule has 1 rings (SSSR count). The molecule has 1 amide bonds. The van der Waals surface area contributed by atoms with Gasteiger partial charge in [-0.3, -0.25) is 4.79 Å². The van der Waals surface area contributed by atoms with Crippen LogP contribution in [0.4, 0.5) is 0 Å². The van der Waals surface area contributed by atoms with Crippen molar-refractivity contribution in [3.63, 3.8) is 0 Å². The maximum atomic E-state index is 11.3. The van der Waals surface area contributed by atoms with E-state index in [4.69, 9.17) is 19.8 Å². The van der Waals surface area contributed by atoms with Crippen LogP contribution >= 0.6 is 0 Å². The number of hydrogen-bond acceptors (Lipinski definition) is 6. The number of rotatable bonds is 7. The largest absolute Gasteiger partial charge is 0.508 e. The first-order valence-corrected chi connectivity index (χ1v) is 7.57. The average Bonchev–Trinajstić information content (AvgIpc) is 2.54. The third-order valence-electron chi connectivity index (χ3n) is 2.94. The summed E-state index contributed by atoms with van der Waals surface area (Å²) >= 11 is 0. The summed E-state index contributed by atoms with van der Waals surface area (Å²) in [6, 6.07) is 6.70. The Balaban J connectivity index is 0.000000823. The molecule has 0 aliphatic carbocycles. The van der Waals surface area contributed by atoms with E-state index in [0.29, 0.717) is 25.2 Å². The maximum absolute atomic E-state index is 11.3. The maximum Gasteiger partial charge on any atom is 0.414 e. The molecule has 1 atom stereocenters. The lowest BCUT2D eigenvalue weighted by molar-refractivity contribution is -0.159. The lowest BCUT2D eigenvalue weighted by Gasteiger charge is -2.14. The fourth-order valence-electron chi connectivity index (χ4n) is 1.60. The molecule has 25 heavy (non-hydrogen) atoms. The molecule has 6 N–H and O–H groups in total. The molecular weight excluding hydrogens is 332 g/mol. The zero-order valence-electron chi connectivity index (χ0n) is 14.1. The highest BCUT2D eigenvalue weighted by molar-refractivity contribution is 6.27. The molecule has 0 aliphatic heterocycles. The first-order chi connectivity index (χ1) is 11.7. The van der Waals surface area contributed by atoms with Crippen LogP contribution in [0.1, 0.15) is 25.5 Å². The third-order valence-corrected chi connectivity index (χ3v) is 2.94. The molecule has 1 unspecified atom stereocenters. The van der Waals surface area contributed by atoms with Gasteiger partial charge in [-0.05, 0) is 6.07 Å². The lowest BCUT2D eigenvalue weighted by Crippen LogP contribution is -2.35. The number of phenolic OH excluding ortho intramolecular Hbond substituents is 1. The van der Waals surface area contributed by atoms with Crippen LogP contribution in [0.15, 0.2) is 24.3 Å². The van der Waals surface area contributed by atoms with Crippen LogP contribution in [0, 0.1) is 5.92 Å². The second kappa shape index (κ2) is 11.8. The SMILES string of the molecule is CC(C)C(=O)NCCNCC(O)c1ccccc1O.O=C(O)C(=O)O. The molecule has 140 valence electrons. The number of benzene rings is 1. The van der Waals surface area contributed by atoms with Crippen LogP contribution in [0.2, 0.25) is 0 Å². The van der Waals surface area contributed by atoms with Gasteiger partial charge in [-0.2, -0.15) is 0 Å². The van der Waals surface area contributed by atoms with Gasteiger partial charge in [0.2, 0.25) is 5.91 Å². The van der Waals surface area contributed by atoms with E-state index in [-0.39, 0.29) is 17.6 Å². The van der Waals surface area contributed by atoms with Gasteiger partial charge in [0.15, 0.2) is 0 Å². The van der Waals surface area contributed by atoms with Crippen molar-refractivity contribution in [1.29, 1.82) is 0 Å². The number of aliphatic hydroxyl groups excluding tert-OH is 1. The molecule has 1 aromatic rings. The Morgan fingerprint density at radius 3 is 2.08 bits per heavy atom. The number of carboxylic acid groups (broad SMARTS) is 2. The summed E-state index contributed by atoms with van der Waals surface area (Å²) in [6.45, 7) is 5.10. The van der Waals surface area contributed by atoms with E-state index in [9.17, 15) is 15.0 Å². The van der Waals surface area contributed by atoms with Gasteiger partial charge in [0.1, 0.15) is 5.75 Å². The summed E-state index contributed by atoms with van der Waals surface area (Å²) < 4.78 is 0. The number of amides is 1. The van der Waals surface area contributed by atoms with Crippen LogP contribution in [-0.4, -0.2) is 57.9 Å². The van der Waals surface area contributed by atoms with E-state index in [1.54, 1.807) is 24.3 Å². The van der Waals surface area contributed by atoms with E-state index < -0.39 is 18.0 Å². The molecule has 0 saturated heterocycles. The Bertz CT molecular complexity index is 563. The molecule has 0 bridgehead atoms. The van der Waals surface area contributed by atoms with Crippen LogP contribution in [0.25, 0.3) is 0 Å². The van der Waals surface area contributed by atoms with Gasteiger partial charge in [-0.15, -0.1) is 0 Å².